The SMILES string of the molecule is CN(C(=O)CN(c1cc(C#CC(C)(C)C)sc1C(=O)O)C(=O)[C@H]1CC[C@H](C)CC1)C1CCOCC1. The lowest BCUT2D eigenvalue weighted by molar-refractivity contribution is -0.134. The Morgan fingerprint density at radius 3 is 2.31 bits per heavy atom. The van der Waals surface area contributed by atoms with Crippen LogP contribution in [0.3, 0.4) is 0 Å². The number of hydrogen-bond donors (Lipinski definition) is 1. The fourth-order valence-corrected chi connectivity index (χ4v) is 5.43. The smallest absolute Gasteiger partial charge is 0.348 e. The molecule has 7 nitrogen and oxygen atoms in total. The molecule has 35 heavy (non-hydrogen) atoms. The largest absolute Gasteiger partial charge is 0.477 e. The van der Waals surface area contributed by atoms with Crippen LogP contribution < -0.4 is 4.90 Å². The van der Waals surface area contributed by atoms with Crippen molar-refractivity contribution < 1.29 is 24.2 Å². The van der Waals surface area contributed by atoms with E-state index >= 15 is 0 Å². The number of likely N-dealkylation sites (N-methyl/N-ethyl adjacent to an activating group) is 1. The molecule has 0 aromatic carbocycles. The lowest BCUT2D eigenvalue weighted by Crippen LogP contribution is -2.48. The van der Waals surface area contributed by atoms with E-state index in [0.717, 1.165) is 49.9 Å². The molecule has 2 aliphatic rings. The highest BCUT2D eigenvalue weighted by atomic mass is 32.1. The van der Waals surface area contributed by atoms with Gasteiger partial charge in [-0.3, -0.25) is 9.59 Å². The first-order valence-electron chi connectivity index (χ1n) is 12.5. The van der Waals surface area contributed by atoms with Crippen molar-refractivity contribution in [2.75, 3.05) is 31.7 Å². The van der Waals surface area contributed by atoms with Crippen LogP contribution >= 0.6 is 11.3 Å². The van der Waals surface area contributed by atoms with E-state index in [1.807, 2.05) is 20.8 Å². The van der Waals surface area contributed by atoms with E-state index in [1.165, 1.54) is 4.90 Å². The van der Waals surface area contributed by atoms with Crippen LogP contribution in [0.5, 0.6) is 0 Å². The average molecular weight is 503 g/mol. The maximum absolute atomic E-state index is 13.8. The van der Waals surface area contributed by atoms with Crippen molar-refractivity contribution in [3.8, 4) is 11.8 Å². The summed E-state index contributed by atoms with van der Waals surface area (Å²) in [5.41, 5.74) is 0.0302. The third-order valence-corrected chi connectivity index (χ3v) is 7.84. The van der Waals surface area contributed by atoms with E-state index in [-0.39, 0.29) is 46.3 Å². The van der Waals surface area contributed by atoms with E-state index in [9.17, 15) is 19.5 Å². The van der Waals surface area contributed by atoms with Crippen LogP contribution in [0.1, 0.15) is 80.8 Å². The van der Waals surface area contributed by atoms with Gasteiger partial charge in [-0.2, -0.15) is 0 Å². The Balaban J connectivity index is 1.94. The fraction of sp³-hybridized carbons (Fsp3) is 0.667. The summed E-state index contributed by atoms with van der Waals surface area (Å²) in [4.78, 5) is 43.0. The van der Waals surface area contributed by atoms with E-state index in [2.05, 4.69) is 18.8 Å². The van der Waals surface area contributed by atoms with Crippen molar-refractivity contribution in [1.29, 1.82) is 0 Å². The van der Waals surface area contributed by atoms with Crippen LogP contribution in [0, 0.1) is 29.1 Å². The molecule has 1 aliphatic heterocycles. The number of carboxylic acids is 1. The number of aromatic carboxylic acids is 1. The molecule has 0 atom stereocenters. The van der Waals surface area contributed by atoms with Gasteiger partial charge in [0.1, 0.15) is 11.4 Å². The molecule has 2 amide bonds. The van der Waals surface area contributed by atoms with Gasteiger partial charge in [0.05, 0.1) is 10.6 Å². The Hall–Kier alpha value is -2.37. The molecule has 1 saturated carbocycles. The number of anilines is 1. The molecule has 1 aromatic rings. The molecule has 1 aromatic heterocycles. The number of rotatable bonds is 6. The van der Waals surface area contributed by atoms with Crippen molar-refractivity contribution in [2.24, 2.45) is 17.3 Å². The molecule has 2 fully saturated rings. The molecule has 192 valence electrons. The van der Waals surface area contributed by atoms with E-state index in [0.29, 0.717) is 24.0 Å². The van der Waals surface area contributed by atoms with Crippen molar-refractivity contribution >= 4 is 34.8 Å². The molecule has 3 rings (SSSR count). The Labute approximate surface area is 212 Å². The Kier molecular flexibility index (Phi) is 9.00. The molecule has 1 N–H and O–H groups in total. The Morgan fingerprint density at radius 2 is 1.74 bits per heavy atom. The topological polar surface area (TPSA) is 87.2 Å². The minimum absolute atomic E-state index is 0.0438. The highest BCUT2D eigenvalue weighted by molar-refractivity contribution is 7.15. The number of nitrogens with zero attached hydrogens (tertiary/aromatic N) is 2. The molecular formula is C27H38N2O5S. The predicted molar refractivity (Wildman–Crippen MR) is 138 cm³/mol. The zero-order valence-corrected chi connectivity index (χ0v) is 22.4. The van der Waals surface area contributed by atoms with Crippen molar-refractivity contribution in [3.63, 3.8) is 0 Å². The van der Waals surface area contributed by atoms with Gasteiger partial charge in [0, 0.05) is 37.6 Å². The third-order valence-electron chi connectivity index (χ3n) is 6.81. The van der Waals surface area contributed by atoms with Crippen LogP contribution in [0.2, 0.25) is 0 Å². The summed E-state index contributed by atoms with van der Waals surface area (Å²) in [5, 5.41) is 9.95. The van der Waals surface area contributed by atoms with Crippen LogP contribution in [0.4, 0.5) is 5.69 Å². The first kappa shape index (κ1) is 27.2. The van der Waals surface area contributed by atoms with E-state index < -0.39 is 5.97 Å². The van der Waals surface area contributed by atoms with Crippen LogP contribution in [0.15, 0.2) is 6.07 Å². The first-order chi connectivity index (χ1) is 16.5. The predicted octanol–water partition coefficient (Wildman–Crippen LogP) is 4.64. The van der Waals surface area contributed by atoms with Gasteiger partial charge < -0.3 is 19.6 Å². The Bertz CT molecular complexity index is 985. The number of hydrogen-bond acceptors (Lipinski definition) is 5. The number of amides is 2. The van der Waals surface area contributed by atoms with Crippen LogP contribution in [-0.4, -0.2) is 60.6 Å². The monoisotopic (exact) mass is 502 g/mol. The second-order valence-electron chi connectivity index (χ2n) is 10.9. The molecule has 1 saturated heterocycles. The van der Waals surface area contributed by atoms with Crippen LogP contribution in [0.25, 0.3) is 0 Å². The number of ether oxygens (including phenoxy) is 1. The maximum atomic E-state index is 13.8. The fourth-order valence-electron chi connectivity index (χ4n) is 4.58. The van der Waals surface area contributed by atoms with Gasteiger partial charge in [0.2, 0.25) is 11.8 Å². The van der Waals surface area contributed by atoms with Crippen molar-refractivity contribution in [3.05, 3.63) is 15.8 Å². The highest BCUT2D eigenvalue weighted by Crippen LogP contribution is 2.35. The summed E-state index contributed by atoms with van der Waals surface area (Å²) >= 11 is 1.06. The molecule has 0 unspecified atom stereocenters. The quantitative estimate of drug-likeness (QED) is 0.573. The molecule has 0 spiro atoms. The lowest BCUT2D eigenvalue weighted by Gasteiger charge is -2.34. The second kappa shape index (κ2) is 11.6. The number of carbonyl (C=O) groups is 3. The van der Waals surface area contributed by atoms with Gasteiger partial charge in [-0.25, -0.2) is 4.79 Å². The van der Waals surface area contributed by atoms with Gasteiger partial charge in [0.25, 0.3) is 0 Å². The van der Waals surface area contributed by atoms with Gasteiger partial charge in [-0.05, 0) is 71.3 Å². The molecule has 1 aliphatic carbocycles. The normalized spacial score (nSPS) is 21.1. The molecule has 8 heteroatoms. The minimum Gasteiger partial charge on any atom is -0.477 e. The lowest BCUT2D eigenvalue weighted by atomic mass is 9.82. The van der Waals surface area contributed by atoms with Gasteiger partial charge in [-0.1, -0.05) is 18.8 Å². The molecular weight excluding hydrogens is 464 g/mol. The van der Waals surface area contributed by atoms with Crippen LogP contribution in [-0.2, 0) is 14.3 Å². The number of carbonyl (C=O) groups excluding carboxylic acids is 2. The summed E-state index contributed by atoms with van der Waals surface area (Å²) in [6.45, 7) is 9.17. The summed E-state index contributed by atoms with van der Waals surface area (Å²) in [7, 11) is 1.76. The van der Waals surface area contributed by atoms with Crippen molar-refractivity contribution in [1.82, 2.24) is 4.90 Å². The zero-order valence-electron chi connectivity index (χ0n) is 21.6. The molecule has 0 bridgehead atoms. The van der Waals surface area contributed by atoms with E-state index in [4.69, 9.17) is 4.74 Å². The summed E-state index contributed by atoms with van der Waals surface area (Å²) in [6.07, 6.45) is 4.92. The minimum atomic E-state index is -1.12. The zero-order chi connectivity index (χ0) is 25.8. The number of carboxylic acid groups (broad SMARTS) is 1. The summed E-state index contributed by atoms with van der Waals surface area (Å²) in [6, 6.07) is 1.72. The standard InChI is InChI=1S/C27H38N2O5S/c1-18-6-8-19(9-7-18)25(31)29(17-23(30)28(5)20-11-14-34-15-12-20)22-16-21(10-13-27(2,3)4)35-24(22)26(32)33/h16,18-20H,6-9,11-12,14-15,17H2,1-5H3,(H,32,33)/t18-,19-. The summed E-state index contributed by atoms with van der Waals surface area (Å²) in [5.74, 6) is 5.08. The second-order valence-corrected chi connectivity index (χ2v) is 11.9. The van der Waals surface area contributed by atoms with E-state index in [1.54, 1.807) is 18.0 Å². The Morgan fingerprint density at radius 1 is 1.11 bits per heavy atom. The number of thiophene rings is 1. The average Bonchev–Trinajstić information content (AvgIpc) is 3.25. The van der Waals surface area contributed by atoms with Gasteiger partial charge in [-0.15, -0.1) is 11.3 Å². The molecule has 2 heterocycles. The first-order valence-corrected chi connectivity index (χ1v) is 13.3. The van der Waals surface area contributed by atoms with Crippen molar-refractivity contribution in [2.45, 2.75) is 72.3 Å². The van der Waals surface area contributed by atoms with Gasteiger partial charge >= 0.3 is 5.97 Å². The highest BCUT2D eigenvalue weighted by Gasteiger charge is 2.34. The van der Waals surface area contributed by atoms with Gasteiger partial charge in [0.15, 0.2) is 0 Å². The third kappa shape index (κ3) is 7.31. The molecule has 0 radical (unpaired) electrons. The maximum Gasteiger partial charge on any atom is 0.348 e. The summed E-state index contributed by atoms with van der Waals surface area (Å²) < 4.78 is 5.42.